The maximum Gasteiger partial charge on any atom is 0.433 e. The summed E-state index contributed by atoms with van der Waals surface area (Å²) in [6.45, 7) is 0.0378. The van der Waals surface area contributed by atoms with Crippen LogP contribution in [0.2, 0.25) is 0 Å². The van der Waals surface area contributed by atoms with E-state index >= 15 is 0 Å². The van der Waals surface area contributed by atoms with E-state index < -0.39 is 42.2 Å². The minimum Gasteiger partial charge on any atom is -0.415 e. The van der Waals surface area contributed by atoms with Crippen molar-refractivity contribution in [3.8, 4) is 11.5 Å². The fraction of sp³-hybridized carbons (Fsp3) is 0.200. The number of halogens is 5. The molecule has 0 saturated carbocycles. The summed E-state index contributed by atoms with van der Waals surface area (Å²) in [6, 6.07) is 13.8. The smallest absolute Gasteiger partial charge is 0.415 e. The van der Waals surface area contributed by atoms with Crippen LogP contribution < -0.4 is 0 Å². The molecule has 7 nitrogen and oxygen atoms in total. The summed E-state index contributed by atoms with van der Waals surface area (Å²) in [4.78, 5) is 18.3. The number of rotatable bonds is 6. The molecule has 0 spiro atoms. The lowest BCUT2D eigenvalue weighted by Gasteiger charge is -2.32. The third-order valence-electron chi connectivity index (χ3n) is 6.01. The van der Waals surface area contributed by atoms with E-state index in [1.54, 1.807) is 36.4 Å². The zero-order valence-corrected chi connectivity index (χ0v) is 18.7. The molecule has 190 valence electrons. The maximum atomic E-state index is 13.5. The summed E-state index contributed by atoms with van der Waals surface area (Å²) >= 11 is 0. The van der Waals surface area contributed by atoms with Gasteiger partial charge in [0.1, 0.15) is 11.8 Å². The van der Waals surface area contributed by atoms with Gasteiger partial charge in [-0.05, 0) is 34.9 Å². The molecule has 0 saturated heterocycles. The number of nitrogens with zero attached hydrogens (tertiary/aromatic N) is 4. The van der Waals surface area contributed by atoms with Crippen LogP contribution in [-0.2, 0) is 12.7 Å². The van der Waals surface area contributed by atoms with Gasteiger partial charge < -0.3 is 14.4 Å². The molecular weight excluding hydrogens is 499 g/mol. The van der Waals surface area contributed by atoms with Crippen LogP contribution in [0, 0.1) is 0 Å². The van der Waals surface area contributed by atoms with Gasteiger partial charge in [-0.2, -0.15) is 22.0 Å². The lowest BCUT2D eigenvalue weighted by Crippen LogP contribution is -2.33. The summed E-state index contributed by atoms with van der Waals surface area (Å²) in [5, 5.41) is 18.1. The van der Waals surface area contributed by atoms with E-state index in [1.165, 1.54) is 23.1 Å². The number of amides is 1. The van der Waals surface area contributed by atoms with Gasteiger partial charge in [-0.25, -0.2) is 0 Å². The second-order valence-electron chi connectivity index (χ2n) is 8.33. The van der Waals surface area contributed by atoms with Crippen molar-refractivity contribution in [2.45, 2.75) is 31.3 Å². The number of carbonyl (C=O) groups excluding carboxylic acids is 1. The van der Waals surface area contributed by atoms with Crippen molar-refractivity contribution < 1.29 is 36.3 Å². The van der Waals surface area contributed by atoms with Crippen LogP contribution in [0.25, 0.3) is 11.5 Å². The molecule has 4 aromatic rings. The Morgan fingerprint density at radius 3 is 2.35 bits per heavy atom. The number of aliphatic hydroxyl groups excluding tert-OH is 1. The van der Waals surface area contributed by atoms with Gasteiger partial charge in [-0.3, -0.25) is 9.78 Å². The minimum atomic E-state index is -4.65. The van der Waals surface area contributed by atoms with E-state index in [1.807, 2.05) is 0 Å². The number of hydrogen-bond donors (Lipinski definition) is 1. The SMILES string of the molecule is O=C1c2cc(-c3nnc(C(F)F)o3)ccc2CN1[C@H](c1ccc(C(F)(F)F)nc1)[C@@H](O)c1ccccc1. The zero-order chi connectivity index (χ0) is 26.3. The number of carbonyl (C=O) groups is 1. The normalized spacial score (nSPS) is 15.2. The van der Waals surface area contributed by atoms with Crippen molar-refractivity contribution in [2.24, 2.45) is 0 Å². The molecule has 1 N–H and O–H groups in total. The molecule has 0 fully saturated rings. The van der Waals surface area contributed by atoms with Crippen LogP contribution in [0.5, 0.6) is 0 Å². The first-order valence-electron chi connectivity index (χ1n) is 11.0. The molecule has 5 rings (SSSR count). The van der Waals surface area contributed by atoms with Gasteiger partial charge >= 0.3 is 12.6 Å². The number of benzene rings is 2. The highest BCUT2D eigenvalue weighted by Gasteiger charge is 2.39. The van der Waals surface area contributed by atoms with Crippen LogP contribution in [0.4, 0.5) is 22.0 Å². The summed E-state index contributed by atoms with van der Waals surface area (Å²) in [6.07, 6.45) is -7.90. The number of alkyl halides is 5. The molecule has 3 heterocycles. The molecule has 12 heteroatoms. The molecule has 2 aromatic carbocycles. The average Bonchev–Trinajstić information content (AvgIpc) is 3.50. The van der Waals surface area contributed by atoms with E-state index in [0.717, 1.165) is 12.3 Å². The minimum absolute atomic E-state index is 0.0378. The fourth-order valence-corrected chi connectivity index (χ4v) is 4.23. The second-order valence-corrected chi connectivity index (χ2v) is 8.33. The third kappa shape index (κ3) is 4.67. The molecule has 1 aliphatic rings. The molecule has 0 bridgehead atoms. The Balaban J connectivity index is 1.51. The van der Waals surface area contributed by atoms with Crippen LogP contribution in [-0.4, -0.2) is 31.1 Å². The first-order chi connectivity index (χ1) is 17.6. The number of hydrogen-bond acceptors (Lipinski definition) is 6. The predicted octanol–water partition coefficient (Wildman–Crippen LogP) is 5.52. The maximum absolute atomic E-state index is 13.5. The highest BCUT2D eigenvalue weighted by Crippen LogP contribution is 2.40. The summed E-state index contributed by atoms with van der Waals surface area (Å²) in [5.74, 6) is -1.58. The molecule has 37 heavy (non-hydrogen) atoms. The zero-order valence-electron chi connectivity index (χ0n) is 18.7. The number of fused-ring (bicyclic) bond motifs is 1. The molecule has 0 radical (unpaired) electrons. The standard InChI is InChI=1S/C25H17F5N4O3/c26-21(27)23-33-32-22(37-23)14-6-7-16-12-34(24(36)17(16)10-14)19(20(35)13-4-2-1-3-5-13)15-8-9-18(31-11-15)25(28,29)30/h1-11,19-21,35H,12H2/t19-,20+/m1/s1. The Hall–Kier alpha value is -4.19. The lowest BCUT2D eigenvalue weighted by atomic mass is 9.95. The van der Waals surface area contributed by atoms with Crippen molar-refractivity contribution in [2.75, 3.05) is 0 Å². The van der Waals surface area contributed by atoms with E-state index in [2.05, 4.69) is 15.2 Å². The van der Waals surface area contributed by atoms with Gasteiger partial charge in [0.25, 0.3) is 11.8 Å². The van der Waals surface area contributed by atoms with Crippen LogP contribution in [0.15, 0.2) is 71.3 Å². The molecule has 0 unspecified atom stereocenters. The topological polar surface area (TPSA) is 92.4 Å². The Kier molecular flexibility index (Phi) is 6.20. The summed E-state index contributed by atoms with van der Waals surface area (Å²) in [7, 11) is 0. The molecular formula is C25H17F5N4O3. The van der Waals surface area contributed by atoms with Crippen molar-refractivity contribution in [3.05, 3.63) is 101 Å². The van der Waals surface area contributed by atoms with Crippen molar-refractivity contribution in [1.29, 1.82) is 0 Å². The van der Waals surface area contributed by atoms with Crippen molar-refractivity contribution in [1.82, 2.24) is 20.1 Å². The second kappa shape index (κ2) is 9.36. The summed E-state index contributed by atoms with van der Waals surface area (Å²) in [5.41, 5.74) is 0.552. The van der Waals surface area contributed by atoms with Crippen molar-refractivity contribution >= 4 is 5.91 Å². The largest absolute Gasteiger partial charge is 0.433 e. The predicted molar refractivity (Wildman–Crippen MR) is 118 cm³/mol. The Labute approximate surface area is 206 Å². The van der Waals surface area contributed by atoms with Crippen LogP contribution in [0.1, 0.15) is 57.2 Å². The summed E-state index contributed by atoms with van der Waals surface area (Å²) < 4.78 is 69.9. The van der Waals surface area contributed by atoms with E-state index in [9.17, 15) is 31.9 Å². The first-order valence-corrected chi connectivity index (χ1v) is 11.0. The van der Waals surface area contributed by atoms with Gasteiger partial charge in [0.05, 0.1) is 6.04 Å². The van der Waals surface area contributed by atoms with Gasteiger partial charge in [-0.1, -0.05) is 42.5 Å². The third-order valence-corrected chi connectivity index (χ3v) is 6.01. The molecule has 2 aromatic heterocycles. The molecule has 2 atom stereocenters. The first kappa shape index (κ1) is 24.5. The Morgan fingerprint density at radius 2 is 1.73 bits per heavy atom. The fourth-order valence-electron chi connectivity index (χ4n) is 4.23. The van der Waals surface area contributed by atoms with Crippen molar-refractivity contribution in [3.63, 3.8) is 0 Å². The number of pyridine rings is 1. The quantitative estimate of drug-likeness (QED) is 0.340. The van der Waals surface area contributed by atoms with E-state index in [-0.39, 0.29) is 29.1 Å². The monoisotopic (exact) mass is 516 g/mol. The lowest BCUT2D eigenvalue weighted by molar-refractivity contribution is -0.141. The number of aliphatic hydroxyl groups is 1. The Bertz CT molecular complexity index is 1420. The van der Waals surface area contributed by atoms with Gasteiger partial charge in [-0.15, -0.1) is 10.2 Å². The highest BCUT2D eigenvalue weighted by atomic mass is 19.4. The highest BCUT2D eigenvalue weighted by molar-refractivity contribution is 5.99. The molecule has 1 amide bonds. The van der Waals surface area contributed by atoms with Gasteiger partial charge in [0.15, 0.2) is 0 Å². The molecule has 0 aliphatic carbocycles. The average molecular weight is 516 g/mol. The van der Waals surface area contributed by atoms with Crippen LogP contribution in [0.3, 0.4) is 0 Å². The Morgan fingerprint density at radius 1 is 0.973 bits per heavy atom. The number of aromatic nitrogens is 3. The van der Waals surface area contributed by atoms with Gasteiger partial charge in [0, 0.05) is 23.9 Å². The van der Waals surface area contributed by atoms with Gasteiger partial charge in [0.2, 0.25) is 5.89 Å². The van der Waals surface area contributed by atoms with E-state index in [0.29, 0.717) is 11.1 Å². The van der Waals surface area contributed by atoms with Crippen LogP contribution >= 0.6 is 0 Å². The molecule has 1 aliphatic heterocycles. The van der Waals surface area contributed by atoms with E-state index in [4.69, 9.17) is 4.42 Å².